The molecule has 0 spiro atoms. The van der Waals surface area contributed by atoms with Crippen molar-refractivity contribution < 1.29 is 14.7 Å². The number of aliphatic hydroxyl groups is 1. The molecule has 0 radical (unpaired) electrons. The van der Waals surface area contributed by atoms with Gasteiger partial charge in [-0.05, 0) is 31.2 Å². The molecule has 0 aliphatic rings. The van der Waals surface area contributed by atoms with Crippen molar-refractivity contribution in [1.29, 1.82) is 0 Å². The summed E-state index contributed by atoms with van der Waals surface area (Å²) in [7, 11) is 0. The second-order valence-corrected chi connectivity index (χ2v) is 4.28. The number of rotatable bonds is 5. The summed E-state index contributed by atoms with van der Waals surface area (Å²) >= 11 is 5.70. The fourth-order valence-electron chi connectivity index (χ4n) is 1.24. The lowest BCUT2D eigenvalue weighted by molar-refractivity contribution is -0.121. The summed E-state index contributed by atoms with van der Waals surface area (Å²) in [5.74, 6) is -0.697. The van der Waals surface area contributed by atoms with Crippen LogP contribution in [0.15, 0.2) is 24.3 Å². The van der Waals surface area contributed by atoms with Crippen LogP contribution < -0.4 is 10.6 Å². The smallest absolute Gasteiger partial charge is 0.251 e. The Morgan fingerprint density at radius 3 is 2.50 bits per heavy atom. The number of carbonyl (C=O) groups excluding carboxylic acids is 2. The molecule has 0 fully saturated rings. The largest absolute Gasteiger partial charge is 0.394 e. The van der Waals surface area contributed by atoms with Gasteiger partial charge in [-0.2, -0.15) is 0 Å². The van der Waals surface area contributed by atoms with Gasteiger partial charge in [-0.15, -0.1) is 0 Å². The number of hydrogen-bond donors (Lipinski definition) is 3. The summed E-state index contributed by atoms with van der Waals surface area (Å²) in [5.41, 5.74) is 0.433. The minimum absolute atomic E-state index is 0.133. The Hall–Kier alpha value is -1.59. The molecule has 0 saturated heterocycles. The standard InChI is InChI=1S/C12H15ClN2O3/c1-8(7-16)15-11(17)6-14-12(18)9-2-4-10(13)5-3-9/h2-5,8,16H,6-7H2,1H3,(H,14,18)(H,15,17)/t8-/m1/s1. The van der Waals surface area contributed by atoms with E-state index >= 15 is 0 Å². The van der Waals surface area contributed by atoms with E-state index in [0.29, 0.717) is 10.6 Å². The molecule has 3 N–H and O–H groups in total. The number of hydrogen-bond acceptors (Lipinski definition) is 3. The van der Waals surface area contributed by atoms with Crippen molar-refractivity contribution in [3.8, 4) is 0 Å². The maximum absolute atomic E-state index is 11.6. The Labute approximate surface area is 110 Å². The number of benzene rings is 1. The number of amides is 2. The summed E-state index contributed by atoms with van der Waals surface area (Å²) in [6, 6.07) is 6.02. The van der Waals surface area contributed by atoms with Crippen molar-refractivity contribution in [3.63, 3.8) is 0 Å². The van der Waals surface area contributed by atoms with Crippen LogP contribution in [0.4, 0.5) is 0 Å². The van der Waals surface area contributed by atoms with E-state index in [4.69, 9.17) is 16.7 Å². The van der Waals surface area contributed by atoms with E-state index in [9.17, 15) is 9.59 Å². The third-order valence-corrected chi connectivity index (χ3v) is 2.45. The highest BCUT2D eigenvalue weighted by Crippen LogP contribution is 2.09. The van der Waals surface area contributed by atoms with E-state index < -0.39 is 0 Å². The first-order valence-electron chi connectivity index (χ1n) is 5.47. The SMILES string of the molecule is C[C@H](CO)NC(=O)CNC(=O)c1ccc(Cl)cc1. The van der Waals surface area contributed by atoms with Crippen LogP contribution in [0.2, 0.25) is 5.02 Å². The lowest BCUT2D eigenvalue weighted by Crippen LogP contribution is -2.42. The normalized spacial score (nSPS) is 11.7. The monoisotopic (exact) mass is 270 g/mol. The molecule has 98 valence electrons. The van der Waals surface area contributed by atoms with Gasteiger partial charge in [0.25, 0.3) is 5.91 Å². The summed E-state index contributed by atoms with van der Waals surface area (Å²) in [4.78, 5) is 23.0. The molecule has 6 heteroatoms. The Morgan fingerprint density at radius 1 is 1.33 bits per heavy atom. The molecule has 1 aromatic rings. The minimum atomic E-state index is -0.349. The fraction of sp³-hybridized carbons (Fsp3) is 0.333. The highest BCUT2D eigenvalue weighted by atomic mass is 35.5. The zero-order valence-corrected chi connectivity index (χ0v) is 10.7. The van der Waals surface area contributed by atoms with Gasteiger partial charge in [0.2, 0.25) is 5.91 Å². The van der Waals surface area contributed by atoms with Gasteiger partial charge in [-0.25, -0.2) is 0 Å². The molecule has 1 aromatic carbocycles. The molecule has 0 aromatic heterocycles. The van der Waals surface area contributed by atoms with E-state index in [0.717, 1.165) is 0 Å². The molecule has 0 unspecified atom stereocenters. The second kappa shape index (κ2) is 6.98. The molecule has 0 bridgehead atoms. The van der Waals surface area contributed by atoms with Crippen LogP contribution in [0.1, 0.15) is 17.3 Å². The molecule has 1 rings (SSSR count). The van der Waals surface area contributed by atoms with Gasteiger partial charge in [-0.3, -0.25) is 9.59 Å². The van der Waals surface area contributed by atoms with Crippen LogP contribution in [0.5, 0.6) is 0 Å². The maximum Gasteiger partial charge on any atom is 0.251 e. The molecule has 2 amide bonds. The molecule has 0 aliphatic heterocycles. The molecular formula is C12H15ClN2O3. The van der Waals surface area contributed by atoms with Gasteiger partial charge in [-0.1, -0.05) is 11.6 Å². The van der Waals surface area contributed by atoms with Crippen LogP contribution >= 0.6 is 11.6 Å². The Kier molecular flexibility index (Phi) is 5.61. The van der Waals surface area contributed by atoms with E-state index in [1.54, 1.807) is 31.2 Å². The lowest BCUT2D eigenvalue weighted by Gasteiger charge is -2.11. The number of halogens is 1. The molecule has 0 heterocycles. The van der Waals surface area contributed by atoms with Gasteiger partial charge >= 0.3 is 0 Å². The predicted molar refractivity (Wildman–Crippen MR) is 68.5 cm³/mol. The highest BCUT2D eigenvalue weighted by Gasteiger charge is 2.09. The first-order chi connectivity index (χ1) is 8.52. The average Bonchev–Trinajstić information content (AvgIpc) is 2.36. The third kappa shape index (κ3) is 4.73. The lowest BCUT2D eigenvalue weighted by atomic mass is 10.2. The summed E-state index contributed by atoms with van der Waals surface area (Å²) in [5, 5.41) is 14.3. The van der Waals surface area contributed by atoms with E-state index in [1.807, 2.05) is 0 Å². The van der Waals surface area contributed by atoms with Crippen LogP contribution in [0, 0.1) is 0 Å². The average molecular weight is 271 g/mol. The number of nitrogens with one attached hydrogen (secondary N) is 2. The van der Waals surface area contributed by atoms with Gasteiger partial charge in [0, 0.05) is 16.6 Å². The van der Waals surface area contributed by atoms with Crippen molar-refractivity contribution in [2.24, 2.45) is 0 Å². The first-order valence-corrected chi connectivity index (χ1v) is 5.84. The Morgan fingerprint density at radius 2 is 1.94 bits per heavy atom. The topological polar surface area (TPSA) is 78.4 Å². The highest BCUT2D eigenvalue weighted by molar-refractivity contribution is 6.30. The van der Waals surface area contributed by atoms with E-state index in [1.165, 1.54) is 0 Å². The van der Waals surface area contributed by atoms with Gasteiger partial charge in [0.1, 0.15) is 0 Å². The Bertz CT molecular complexity index is 420. The first kappa shape index (κ1) is 14.5. The van der Waals surface area contributed by atoms with Crippen molar-refractivity contribution in [1.82, 2.24) is 10.6 Å². The zero-order chi connectivity index (χ0) is 13.5. The molecule has 0 saturated carbocycles. The zero-order valence-electron chi connectivity index (χ0n) is 9.94. The van der Waals surface area contributed by atoms with Crippen LogP contribution in [0.3, 0.4) is 0 Å². The van der Waals surface area contributed by atoms with Crippen LogP contribution in [-0.4, -0.2) is 36.1 Å². The molecule has 1 atom stereocenters. The predicted octanol–water partition coefficient (Wildman–Crippen LogP) is 0.567. The number of aliphatic hydroxyl groups excluding tert-OH is 1. The Balaban J connectivity index is 2.41. The van der Waals surface area contributed by atoms with Gasteiger partial charge in [0.05, 0.1) is 13.2 Å². The van der Waals surface area contributed by atoms with E-state index in [-0.39, 0.29) is 31.0 Å². The molecule has 0 aliphatic carbocycles. The molecule has 5 nitrogen and oxygen atoms in total. The summed E-state index contributed by atoms with van der Waals surface area (Å²) < 4.78 is 0. The fourth-order valence-corrected chi connectivity index (χ4v) is 1.36. The van der Waals surface area contributed by atoms with Crippen molar-refractivity contribution in [2.75, 3.05) is 13.2 Å². The van der Waals surface area contributed by atoms with Crippen molar-refractivity contribution >= 4 is 23.4 Å². The third-order valence-electron chi connectivity index (χ3n) is 2.20. The molecular weight excluding hydrogens is 256 g/mol. The van der Waals surface area contributed by atoms with Gasteiger partial charge < -0.3 is 15.7 Å². The van der Waals surface area contributed by atoms with Crippen molar-refractivity contribution in [2.45, 2.75) is 13.0 Å². The summed E-state index contributed by atoms with van der Waals surface area (Å²) in [6.45, 7) is 1.39. The maximum atomic E-state index is 11.6. The van der Waals surface area contributed by atoms with Gasteiger partial charge in [0.15, 0.2) is 0 Å². The van der Waals surface area contributed by atoms with Crippen molar-refractivity contribution in [3.05, 3.63) is 34.9 Å². The van der Waals surface area contributed by atoms with Crippen LogP contribution in [-0.2, 0) is 4.79 Å². The quantitative estimate of drug-likeness (QED) is 0.732. The van der Waals surface area contributed by atoms with Crippen LogP contribution in [0.25, 0.3) is 0 Å². The van der Waals surface area contributed by atoms with E-state index in [2.05, 4.69) is 10.6 Å². The second-order valence-electron chi connectivity index (χ2n) is 3.84. The summed E-state index contributed by atoms with van der Waals surface area (Å²) in [6.07, 6.45) is 0. The minimum Gasteiger partial charge on any atom is -0.394 e. The molecule has 18 heavy (non-hydrogen) atoms. The number of carbonyl (C=O) groups is 2.